The van der Waals surface area contributed by atoms with Crippen LogP contribution in [0.2, 0.25) is 0 Å². The Labute approximate surface area is 108 Å². The van der Waals surface area contributed by atoms with Crippen molar-refractivity contribution in [1.29, 1.82) is 0 Å². The van der Waals surface area contributed by atoms with Crippen LogP contribution in [-0.2, 0) is 0 Å². The number of hydrogen-bond acceptors (Lipinski definition) is 3. The second-order valence-electron chi connectivity index (χ2n) is 4.89. The Morgan fingerprint density at radius 3 is 2.82 bits per heavy atom. The lowest BCUT2D eigenvalue weighted by Crippen LogP contribution is -2.19. The van der Waals surface area contributed by atoms with E-state index in [1.165, 1.54) is 42.7 Å². The molecule has 0 aromatic carbocycles. The fourth-order valence-electron chi connectivity index (χ4n) is 2.61. The zero-order valence-electron chi connectivity index (χ0n) is 10.8. The Balaban J connectivity index is 2.15. The summed E-state index contributed by atoms with van der Waals surface area (Å²) < 4.78 is 0. The van der Waals surface area contributed by atoms with Crippen molar-refractivity contribution >= 4 is 17.4 Å². The van der Waals surface area contributed by atoms with Gasteiger partial charge in [-0.25, -0.2) is 4.98 Å². The highest BCUT2D eigenvalue weighted by molar-refractivity contribution is 7.10. The van der Waals surface area contributed by atoms with Gasteiger partial charge in [0.05, 0.1) is 11.2 Å². The third kappa shape index (κ3) is 3.39. The number of likely N-dealkylation sites (N-methyl/N-ethyl adjacent to an activating group) is 1. The lowest BCUT2D eigenvalue weighted by Gasteiger charge is -2.24. The highest BCUT2D eigenvalue weighted by Crippen LogP contribution is 2.31. The van der Waals surface area contributed by atoms with Crippen LogP contribution >= 0.6 is 11.3 Å². The monoisotopic (exact) mass is 250 g/mol. The van der Waals surface area contributed by atoms with Gasteiger partial charge in [0.2, 0.25) is 0 Å². The van der Waals surface area contributed by atoms with Crippen LogP contribution in [0.3, 0.4) is 0 Å². The highest BCUT2D eigenvalue weighted by Gasteiger charge is 2.17. The summed E-state index contributed by atoms with van der Waals surface area (Å²) in [5.41, 5.74) is 4.68. The standard InChI is InChI=1S/C14H22N2S/c1-11-14(17-10-16-11)8-13(9-15-2)12-6-4-3-5-7-12/h8,10,12,15H,3-7,9H2,1-2H3. The maximum absolute atomic E-state index is 4.33. The van der Waals surface area contributed by atoms with Gasteiger partial charge < -0.3 is 5.32 Å². The molecule has 0 unspecified atom stereocenters. The first-order valence-corrected chi connectivity index (χ1v) is 7.44. The van der Waals surface area contributed by atoms with E-state index < -0.39 is 0 Å². The Kier molecular flexibility index (Phi) is 4.75. The van der Waals surface area contributed by atoms with Crippen LogP contribution in [0.25, 0.3) is 6.08 Å². The second-order valence-corrected chi connectivity index (χ2v) is 5.77. The van der Waals surface area contributed by atoms with Crippen LogP contribution in [0.1, 0.15) is 42.7 Å². The van der Waals surface area contributed by atoms with Gasteiger partial charge in [-0.05, 0) is 38.8 Å². The molecule has 0 amide bonds. The predicted molar refractivity (Wildman–Crippen MR) is 75.3 cm³/mol. The van der Waals surface area contributed by atoms with Crippen LogP contribution in [0.5, 0.6) is 0 Å². The molecule has 2 nitrogen and oxygen atoms in total. The molecule has 0 atom stereocenters. The Bertz CT molecular complexity index is 375. The molecule has 1 heterocycles. The van der Waals surface area contributed by atoms with Crippen molar-refractivity contribution in [2.24, 2.45) is 5.92 Å². The number of nitrogens with one attached hydrogen (secondary N) is 1. The summed E-state index contributed by atoms with van der Waals surface area (Å²) in [6.07, 6.45) is 9.32. The summed E-state index contributed by atoms with van der Waals surface area (Å²) in [6.45, 7) is 3.11. The third-order valence-corrected chi connectivity index (χ3v) is 4.49. The van der Waals surface area contributed by atoms with Crippen LogP contribution in [0.15, 0.2) is 11.1 Å². The van der Waals surface area contributed by atoms with Crippen LogP contribution < -0.4 is 5.32 Å². The number of nitrogens with zero attached hydrogens (tertiary/aromatic N) is 1. The van der Waals surface area contributed by atoms with E-state index in [9.17, 15) is 0 Å². The zero-order valence-corrected chi connectivity index (χ0v) is 11.6. The average Bonchev–Trinajstić information content (AvgIpc) is 2.76. The van der Waals surface area contributed by atoms with Gasteiger partial charge in [0, 0.05) is 11.4 Å². The first-order valence-electron chi connectivity index (χ1n) is 6.56. The minimum Gasteiger partial charge on any atom is -0.316 e. The lowest BCUT2D eigenvalue weighted by atomic mass is 9.83. The van der Waals surface area contributed by atoms with E-state index in [4.69, 9.17) is 0 Å². The molecule has 17 heavy (non-hydrogen) atoms. The molecule has 1 aromatic heterocycles. The van der Waals surface area contributed by atoms with Crippen molar-refractivity contribution in [1.82, 2.24) is 10.3 Å². The first kappa shape index (κ1) is 12.8. The topological polar surface area (TPSA) is 24.9 Å². The molecule has 0 aliphatic heterocycles. The summed E-state index contributed by atoms with van der Waals surface area (Å²) in [5, 5.41) is 3.31. The largest absolute Gasteiger partial charge is 0.316 e. The van der Waals surface area contributed by atoms with Gasteiger partial charge in [0.15, 0.2) is 0 Å². The third-order valence-electron chi connectivity index (χ3n) is 3.61. The quantitative estimate of drug-likeness (QED) is 0.882. The molecule has 1 saturated carbocycles. The van der Waals surface area contributed by atoms with Gasteiger partial charge in [0.25, 0.3) is 0 Å². The van der Waals surface area contributed by atoms with Gasteiger partial charge in [0.1, 0.15) is 0 Å². The molecule has 3 heteroatoms. The number of thiazole rings is 1. The fourth-order valence-corrected chi connectivity index (χ4v) is 3.38. The SMILES string of the molecule is CNCC(=Cc1scnc1C)C1CCCCC1. The van der Waals surface area contributed by atoms with Gasteiger partial charge in [-0.1, -0.05) is 24.8 Å². The molecule has 0 radical (unpaired) electrons. The van der Waals surface area contributed by atoms with Crippen molar-refractivity contribution in [2.45, 2.75) is 39.0 Å². The summed E-state index contributed by atoms with van der Waals surface area (Å²) >= 11 is 1.75. The molecule has 0 spiro atoms. The number of aryl methyl sites for hydroxylation is 1. The Morgan fingerprint density at radius 2 is 2.24 bits per heavy atom. The molecule has 0 bridgehead atoms. The Morgan fingerprint density at radius 1 is 1.47 bits per heavy atom. The van der Waals surface area contributed by atoms with Gasteiger partial charge >= 0.3 is 0 Å². The summed E-state index contributed by atoms with van der Waals surface area (Å²) in [6, 6.07) is 0. The van der Waals surface area contributed by atoms with Crippen molar-refractivity contribution in [3.8, 4) is 0 Å². The van der Waals surface area contributed by atoms with E-state index in [0.29, 0.717) is 0 Å². The maximum atomic E-state index is 4.33. The molecular formula is C14H22N2S. The average molecular weight is 250 g/mol. The molecule has 2 rings (SSSR count). The van der Waals surface area contributed by atoms with Crippen molar-refractivity contribution < 1.29 is 0 Å². The van der Waals surface area contributed by atoms with Crippen molar-refractivity contribution in [3.63, 3.8) is 0 Å². The lowest BCUT2D eigenvalue weighted by molar-refractivity contribution is 0.398. The number of aromatic nitrogens is 1. The molecule has 1 aliphatic rings. The summed E-state index contributed by atoms with van der Waals surface area (Å²) in [7, 11) is 2.04. The van der Waals surface area contributed by atoms with Gasteiger partial charge in [-0.2, -0.15) is 0 Å². The molecular weight excluding hydrogens is 228 g/mol. The molecule has 1 aromatic rings. The summed E-state index contributed by atoms with van der Waals surface area (Å²) in [4.78, 5) is 5.66. The second kappa shape index (κ2) is 6.31. The van der Waals surface area contributed by atoms with Crippen LogP contribution in [-0.4, -0.2) is 18.6 Å². The van der Waals surface area contributed by atoms with E-state index >= 15 is 0 Å². The predicted octanol–water partition coefficient (Wildman–Crippen LogP) is 3.63. The first-order chi connectivity index (χ1) is 8.31. The minimum absolute atomic E-state index is 0.790. The van der Waals surface area contributed by atoms with Gasteiger partial charge in [-0.3, -0.25) is 0 Å². The fraction of sp³-hybridized carbons (Fsp3) is 0.643. The molecule has 94 valence electrons. The van der Waals surface area contributed by atoms with Gasteiger partial charge in [-0.15, -0.1) is 11.3 Å². The zero-order chi connectivity index (χ0) is 12.1. The van der Waals surface area contributed by atoms with Crippen molar-refractivity contribution in [3.05, 3.63) is 21.7 Å². The number of rotatable bonds is 4. The van der Waals surface area contributed by atoms with Crippen LogP contribution in [0, 0.1) is 12.8 Å². The highest BCUT2D eigenvalue weighted by atomic mass is 32.1. The Hall–Kier alpha value is -0.670. The maximum Gasteiger partial charge on any atom is 0.0801 e. The van der Waals surface area contributed by atoms with E-state index in [2.05, 4.69) is 23.3 Å². The van der Waals surface area contributed by atoms with Crippen LogP contribution in [0.4, 0.5) is 0 Å². The summed E-state index contributed by atoms with van der Waals surface area (Å²) in [5.74, 6) is 0.790. The smallest absolute Gasteiger partial charge is 0.0801 e. The van der Waals surface area contributed by atoms with E-state index in [1.54, 1.807) is 16.9 Å². The normalized spacial score (nSPS) is 18.6. The molecule has 1 fully saturated rings. The molecule has 1 N–H and O–H groups in total. The molecule has 1 aliphatic carbocycles. The van der Waals surface area contributed by atoms with E-state index in [1.807, 2.05) is 12.6 Å². The minimum atomic E-state index is 0.790. The van der Waals surface area contributed by atoms with E-state index in [0.717, 1.165) is 12.5 Å². The van der Waals surface area contributed by atoms with Crippen molar-refractivity contribution in [2.75, 3.05) is 13.6 Å². The van der Waals surface area contributed by atoms with E-state index in [-0.39, 0.29) is 0 Å². The number of hydrogen-bond donors (Lipinski definition) is 1. The molecule has 0 saturated heterocycles.